The first-order valence-electron chi connectivity index (χ1n) is 8.53. The molecule has 0 radical (unpaired) electrons. The molecule has 0 unspecified atom stereocenters. The van der Waals surface area contributed by atoms with Gasteiger partial charge < -0.3 is 16.0 Å². The molecule has 1 saturated carbocycles. The summed E-state index contributed by atoms with van der Waals surface area (Å²) in [6, 6.07) is 11.4. The van der Waals surface area contributed by atoms with Gasteiger partial charge in [-0.15, -0.1) is 0 Å². The van der Waals surface area contributed by atoms with Gasteiger partial charge in [-0.1, -0.05) is 12.8 Å². The zero-order valence-electron chi connectivity index (χ0n) is 13.2. The number of nitrogens with two attached hydrogens (primary N) is 1. The number of rotatable bonds is 3. The van der Waals surface area contributed by atoms with Crippen LogP contribution < -0.4 is 16.0 Å². The number of piperidine rings is 1. The highest BCUT2D eigenvalue weighted by molar-refractivity contribution is 5.50. The lowest BCUT2D eigenvalue weighted by Crippen LogP contribution is -2.55. The third kappa shape index (κ3) is 3.60. The summed E-state index contributed by atoms with van der Waals surface area (Å²) in [6.45, 7) is 2.13. The van der Waals surface area contributed by atoms with E-state index in [-0.39, 0.29) is 0 Å². The number of anilines is 1. The fourth-order valence-electron chi connectivity index (χ4n) is 3.76. The van der Waals surface area contributed by atoms with Gasteiger partial charge in [0.25, 0.3) is 0 Å². The van der Waals surface area contributed by atoms with Crippen molar-refractivity contribution < 1.29 is 0 Å². The molecule has 1 aliphatic heterocycles. The van der Waals surface area contributed by atoms with E-state index < -0.39 is 0 Å². The summed E-state index contributed by atoms with van der Waals surface area (Å²) < 4.78 is 0. The molecule has 3 rings (SSSR count). The van der Waals surface area contributed by atoms with Gasteiger partial charge >= 0.3 is 0 Å². The minimum Gasteiger partial charge on any atom is -0.370 e. The number of benzene rings is 1. The molecular weight excluding hydrogens is 272 g/mol. The van der Waals surface area contributed by atoms with Crippen LogP contribution in [0, 0.1) is 11.3 Å². The van der Waals surface area contributed by atoms with E-state index in [9.17, 15) is 0 Å². The van der Waals surface area contributed by atoms with Crippen LogP contribution in [0.4, 0.5) is 5.69 Å². The van der Waals surface area contributed by atoms with Crippen LogP contribution in [-0.4, -0.2) is 31.2 Å². The average Bonchev–Trinajstić information content (AvgIpc) is 2.57. The second-order valence-electron chi connectivity index (χ2n) is 6.67. The Hall–Kier alpha value is -1.57. The number of hydrogen-bond donors (Lipinski definition) is 2. The van der Waals surface area contributed by atoms with E-state index in [1.807, 2.05) is 12.1 Å². The Morgan fingerprint density at radius 1 is 1.09 bits per heavy atom. The number of hydrogen-bond acceptors (Lipinski definition) is 4. The molecule has 3 N–H and O–H groups in total. The minimum atomic E-state index is 0.319. The van der Waals surface area contributed by atoms with Crippen molar-refractivity contribution in [1.82, 2.24) is 5.32 Å². The molecule has 4 heteroatoms. The largest absolute Gasteiger partial charge is 0.370 e. The third-order valence-corrected chi connectivity index (χ3v) is 5.05. The standard InChI is InChI=1S/C18H26N4/c19-12-14-7-9-16(10-8-14)22-11-3-4-15(13-22)21-18-6-2-1-5-17(18)20/h7-10,15,17-18,21H,1-6,11,13,20H2/t15-,17-,18-/m1/s1. The highest BCUT2D eigenvalue weighted by Gasteiger charge is 2.27. The minimum absolute atomic E-state index is 0.319. The monoisotopic (exact) mass is 298 g/mol. The third-order valence-electron chi connectivity index (χ3n) is 5.05. The summed E-state index contributed by atoms with van der Waals surface area (Å²) in [5.74, 6) is 0. The van der Waals surface area contributed by atoms with Crippen LogP contribution in [0.25, 0.3) is 0 Å². The van der Waals surface area contributed by atoms with Gasteiger partial charge in [0.15, 0.2) is 0 Å². The van der Waals surface area contributed by atoms with Crippen molar-refractivity contribution in [3.8, 4) is 6.07 Å². The van der Waals surface area contributed by atoms with E-state index in [0.29, 0.717) is 18.1 Å². The van der Waals surface area contributed by atoms with Crippen molar-refractivity contribution in [1.29, 1.82) is 5.26 Å². The van der Waals surface area contributed by atoms with E-state index in [2.05, 4.69) is 28.4 Å². The molecule has 1 heterocycles. The molecule has 22 heavy (non-hydrogen) atoms. The lowest BCUT2D eigenvalue weighted by Gasteiger charge is -2.39. The Bertz CT molecular complexity index is 519. The molecule has 3 atom stereocenters. The maximum atomic E-state index is 8.90. The van der Waals surface area contributed by atoms with E-state index in [1.54, 1.807) is 0 Å². The van der Waals surface area contributed by atoms with Gasteiger partial charge in [-0.2, -0.15) is 5.26 Å². The normalized spacial score (nSPS) is 29.1. The van der Waals surface area contributed by atoms with Gasteiger partial charge in [-0.05, 0) is 49.9 Å². The smallest absolute Gasteiger partial charge is 0.0991 e. The van der Waals surface area contributed by atoms with Crippen LogP contribution in [0.2, 0.25) is 0 Å². The summed E-state index contributed by atoms with van der Waals surface area (Å²) >= 11 is 0. The van der Waals surface area contributed by atoms with Gasteiger partial charge in [0.05, 0.1) is 11.6 Å². The molecule has 1 aliphatic carbocycles. The number of nitriles is 1. The van der Waals surface area contributed by atoms with Crippen LogP contribution in [-0.2, 0) is 0 Å². The molecular formula is C18H26N4. The van der Waals surface area contributed by atoms with Gasteiger partial charge in [-0.25, -0.2) is 0 Å². The fourth-order valence-corrected chi connectivity index (χ4v) is 3.76. The molecule has 4 nitrogen and oxygen atoms in total. The maximum Gasteiger partial charge on any atom is 0.0991 e. The van der Waals surface area contributed by atoms with Crippen LogP contribution in [0.3, 0.4) is 0 Å². The Labute approximate surface area is 133 Å². The van der Waals surface area contributed by atoms with Crippen LogP contribution in [0.1, 0.15) is 44.1 Å². The quantitative estimate of drug-likeness (QED) is 0.899. The summed E-state index contributed by atoms with van der Waals surface area (Å²) in [5.41, 5.74) is 8.21. The predicted octanol–water partition coefficient (Wildman–Crippen LogP) is 2.39. The average molecular weight is 298 g/mol. The highest BCUT2D eigenvalue weighted by atomic mass is 15.2. The van der Waals surface area contributed by atoms with Crippen molar-refractivity contribution in [3.63, 3.8) is 0 Å². The van der Waals surface area contributed by atoms with E-state index >= 15 is 0 Å². The van der Waals surface area contributed by atoms with Crippen LogP contribution in [0.5, 0.6) is 0 Å². The van der Waals surface area contributed by atoms with Crippen molar-refractivity contribution in [2.45, 2.75) is 56.7 Å². The Kier molecular flexibility index (Phi) is 4.97. The SMILES string of the molecule is N#Cc1ccc(N2CCC[C@@H](N[C@@H]3CCCC[C@H]3N)C2)cc1. The first-order valence-corrected chi connectivity index (χ1v) is 8.53. The van der Waals surface area contributed by atoms with Crippen molar-refractivity contribution in [2.75, 3.05) is 18.0 Å². The summed E-state index contributed by atoms with van der Waals surface area (Å²) in [6.07, 6.45) is 7.40. The molecule has 118 valence electrons. The van der Waals surface area contributed by atoms with E-state index in [1.165, 1.54) is 37.8 Å². The van der Waals surface area contributed by atoms with Gasteiger partial charge in [-0.3, -0.25) is 0 Å². The second-order valence-corrected chi connectivity index (χ2v) is 6.67. The first kappa shape index (κ1) is 15.3. The van der Waals surface area contributed by atoms with Crippen molar-refractivity contribution >= 4 is 5.69 Å². The molecule has 0 amide bonds. The molecule has 2 fully saturated rings. The fraction of sp³-hybridized carbons (Fsp3) is 0.611. The lowest BCUT2D eigenvalue weighted by molar-refractivity contribution is 0.282. The Morgan fingerprint density at radius 2 is 1.86 bits per heavy atom. The van der Waals surface area contributed by atoms with Gasteiger partial charge in [0.2, 0.25) is 0 Å². The molecule has 2 aliphatic rings. The number of nitrogens with one attached hydrogen (secondary N) is 1. The van der Waals surface area contributed by atoms with E-state index in [4.69, 9.17) is 11.0 Å². The molecule has 1 aromatic carbocycles. The molecule has 1 saturated heterocycles. The maximum absolute atomic E-state index is 8.90. The Morgan fingerprint density at radius 3 is 2.59 bits per heavy atom. The van der Waals surface area contributed by atoms with Crippen molar-refractivity contribution in [3.05, 3.63) is 29.8 Å². The summed E-state index contributed by atoms with van der Waals surface area (Å²) in [7, 11) is 0. The molecule has 0 aromatic heterocycles. The molecule has 0 bridgehead atoms. The highest BCUT2D eigenvalue weighted by Crippen LogP contribution is 2.23. The van der Waals surface area contributed by atoms with E-state index in [0.717, 1.165) is 25.1 Å². The first-order chi connectivity index (χ1) is 10.8. The number of nitrogens with zero attached hydrogens (tertiary/aromatic N) is 2. The lowest BCUT2D eigenvalue weighted by atomic mass is 9.89. The second kappa shape index (κ2) is 7.13. The van der Waals surface area contributed by atoms with Crippen molar-refractivity contribution in [2.24, 2.45) is 5.73 Å². The van der Waals surface area contributed by atoms with Gasteiger partial charge in [0, 0.05) is 36.9 Å². The Balaban J connectivity index is 1.60. The van der Waals surface area contributed by atoms with Crippen LogP contribution >= 0.6 is 0 Å². The van der Waals surface area contributed by atoms with Gasteiger partial charge in [0.1, 0.15) is 0 Å². The molecule has 0 spiro atoms. The topological polar surface area (TPSA) is 65.1 Å². The molecule has 1 aromatic rings. The predicted molar refractivity (Wildman–Crippen MR) is 89.8 cm³/mol. The van der Waals surface area contributed by atoms with Crippen LogP contribution in [0.15, 0.2) is 24.3 Å². The zero-order chi connectivity index (χ0) is 15.4. The summed E-state index contributed by atoms with van der Waals surface area (Å²) in [5, 5.41) is 12.7. The zero-order valence-corrected chi connectivity index (χ0v) is 13.2. The summed E-state index contributed by atoms with van der Waals surface area (Å²) in [4.78, 5) is 2.43.